The molecule has 16 heavy (non-hydrogen) atoms. The topological polar surface area (TPSA) is 47.6 Å². The Bertz CT molecular complexity index is 235. The smallest absolute Gasteiger partial charge is 0.332 e. The molecule has 0 radical (unpaired) electrons. The summed E-state index contributed by atoms with van der Waals surface area (Å²) in [4.78, 5) is 11.4. The molecule has 4 nitrogen and oxygen atoms in total. The Morgan fingerprint density at radius 1 is 1.44 bits per heavy atom. The molecule has 0 bridgehead atoms. The van der Waals surface area contributed by atoms with E-state index in [1.54, 1.807) is 0 Å². The maximum absolute atomic E-state index is 11.4. The molecule has 0 aromatic heterocycles. The van der Waals surface area contributed by atoms with Crippen molar-refractivity contribution in [1.29, 1.82) is 0 Å². The van der Waals surface area contributed by atoms with Crippen LogP contribution >= 0.6 is 0 Å². The van der Waals surface area contributed by atoms with Crippen molar-refractivity contribution in [3.63, 3.8) is 0 Å². The molecular formula is C12H23NO3. The standard InChI is InChI=1S/C12H23NO3/c1-9-7-10(5-6-13-9)15-8-11(14)16-12(2,3)4/h9-10,13H,5-8H2,1-4H3. The van der Waals surface area contributed by atoms with E-state index >= 15 is 0 Å². The van der Waals surface area contributed by atoms with Gasteiger partial charge < -0.3 is 14.8 Å². The zero-order valence-corrected chi connectivity index (χ0v) is 10.7. The Balaban J connectivity index is 2.21. The van der Waals surface area contributed by atoms with E-state index in [2.05, 4.69) is 12.2 Å². The average Bonchev–Trinajstić information content (AvgIpc) is 2.12. The minimum Gasteiger partial charge on any atom is -0.458 e. The van der Waals surface area contributed by atoms with Crippen LogP contribution in [-0.2, 0) is 14.3 Å². The molecule has 0 aromatic carbocycles. The summed E-state index contributed by atoms with van der Waals surface area (Å²) in [7, 11) is 0. The third-order valence-corrected chi connectivity index (χ3v) is 2.43. The minimum absolute atomic E-state index is 0.0641. The third kappa shape index (κ3) is 5.47. The van der Waals surface area contributed by atoms with Gasteiger partial charge in [0.2, 0.25) is 0 Å². The van der Waals surface area contributed by atoms with Crippen LogP contribution in [0, 0.1) is 0 Å². The molecule has 1 aliphatic rings. The largest absolute Gasteiger partial charge is 0.458 e. The predicted molar refractivity (Wildman–Crippen MR) is 62.3 cm³/mol. The summed E-state index contributed by atoms with van der Waals surface area (Å²) in [6.07, 6.45) is 2.11. The van der Waals surface area contributed by atoms with Crippen LogP contribution in [0.1, 0.15) is 40.5 Å². The lowest BCUT2D eigenvalue weighted by Gasteiger charge is -2.28. The lowest BCUT2D eigenvalue weighted by atomic mass is 10.0. The Hall–Kier alpha value is -0.610. The Morgan fingerprint density at radius 2 is 2.12 bits per heavy atom. The second-order valence-electron chi connectivity index (χ2n) is 5.40. The number of piperidine rings is 1. The lowest BCUT2D eigenvalue weighted by Crippen LogP contribution is -2.40. The monoisotopic (exact) mass is 229 g/mol. The van der Waals surface area contributed by atoms with Crippen molar-refractivity contribution in [2.24, 2.45) is 0 Å². The molecule has 1 rings (SSSR count). The molecule has 0 aliphatic carbocycles. The molecule has 1 N–H and O–H groups in total. The van der Waals surface area contributed by atoms with Gasteiger partial charge in [-0.1, -0.05) is 0 Å². The lowest BCUT2D eigenvalue weighted by molar-refractivity contribution is -0.162. The summed E-state index contributed by atoms with van der Waals surface area (Å²) < 4.78 is 10.7. The highest BCUT2D eigenvalue weighted by Crippen LogP contribution is 2.13. The molecule has 0 saturated carbocycles. The van der Waals surface area contributed by atoms with Crippen LogP contribution in [0.25, 0.3) is 0 Å². The second kappa shape index (κ2) is 5.64. The normalized spacial score (nSPS) is 26.5. The fourth-order valence-electron chi connectivity index (χ4n) is 1.79. The number of carbonyl (C=O) groups is 1. The number of nitrogens with one attached hydrogen (secondary N) is 1. The van der Waals surface area contributed by atoms with E-state index in [0.29, 0.717) is 6.04 Å². The quantitative estimate of drug-likeness (QED) is 0.745. The molecule has 1 fully saturated rings. The molecule has 1 heterocycles. The summed E-state index contributed by atoms with van der Waals surface area (Å²) in [5.41, 5.74) is -0.429. The van der Waals surface area contributed by atoms with Gasteiger partial charge in [-0.15, -0.1) is 0 Å². The first-order valence-electron chi connectivity index (χ1n) is 5.93. The molecular weight excluding hydrogens is 206 g/mol. The van der Waals surface area contributed by atoms with E-state index in [1.807, 2.05) is 20.8 Å². The van der Waals surface area contributed by atoms with Gasteiger partial charge >= 0.3 is 5.97 Å². The molecule has 0 spiro atoms. The zero-order chi connectivity index (χ0) is 12.2. The Morgan fingerprint density at radius 3 is 2.69 bits per heavy atom. The first kappa shape index (κ1) is 13.5. The van der Waals surface area contributed by atoms with E-state index in [0.717, 1.165) is 19.4 Å². The van der Waals surface area contributed by atoms with Gasteiger partial charge in [0.05, 0.1) is 6.10 Å². The SMILES string of the molecule is CC1CC(OCC(=O)OC(C)(C)C)CCN1. The summed E-state index contributed by atoms with van der Waals surface area (Å²) in [6.45, 7) is 8.73. The highest BCUT2D eigenvalue weighted by Gasteiger charge is 2.21. The van der Waals surface area contributed by atoms with Crippen molar-refractivity contribution < 1.29 is 14.3 Å². The number of ether oxygens (including phenoxy) is 2. The maximum atomic E-state index is 11.4. The molecule has 2 atom stereocenters. The van der Waals surface area contributed by atoms with Gasteiger partial charge in [-0.3, -0.25) is 0 Å². The van der Waals surface area contributed by atoms with Gasteiger partial charge in [0.1, 0.15) is 12.2 Å². The molecule has 94 valence electrons. The van der Waals surface area contributed by atoms with Gasteiger partial charge in [-0.2, -0.15) is 0 Å². The molecule has 1 saturated heterocycles. The average molecular weight is 229 g/mol. The molecule has 0 amide bonds. The Kier molecular flexibility index (Phi) is 4.74. The number of carbonyl (C=O) groups excluding carboxylic acids is 1. The maximum Gasteiger partial charge on any atom is 0.332 e. The summed E-state index contributed by atoms with van der Waals surface area (Å²) in [5, 5.41) is 3.34. The number of hydrogen-bond donors (Lipinski definition) is 1. The van der Waals surface area contributed by atoms with Gasteiger partial charge in [-0.05, 0) is 47.1 Å². The minimum atomic E-state index is -0.429. The molecule has 4 heteroatoms. The first-order valence-corrected chi connectivity index (χ1v) is 5.93. The van der Waals surface area contributed by atoms with Crippen molar-refractivity contribution in [2.75, 3.05) is 13.2 Å². The molecule has 1 aliphatic heterocycles. The van der Waals surface area contributed by atoms with E-state index < -0.39 is 5.60 Å². The van der Waals surface area contributed by atoms with Crippen LogP contribution < -0.4 is 5.32 Å². The van der Waals surface area contributed by atoms with Gasteiger partial charge in [-0.25, -0.2) is 4.79 Å². The fourth-order valence-corrected chi connectivity index (χ4v) is 1.79. The van der Waals surface area contributed by atoms with Crippen molar-refractivity contribution in [1.82, 2.24) is 5.32 Å². The number of hydrogen-bond acceptors (Lipinski definition) is 4. The number of esters is 1. The molecule has 0 aromatic rings. The van der Waals surface area contributed by atoms with E-state index in [9.17, 15) is 4.79 Å². The van der Waals surface area contributed by atoms with Crippen LogP contribution in [0.3, 0.4) is 0 Å². The van der Waals surface area contributed by atoms with Crippen molar-refractivity contribution in [3.05, 3.63) is 0 Å². The summed E-state index contributed by atoms with van der Waals surface area (Å²) in [5.74, 6) is -0.279. The van der Waals surface area contributed by atoms with Crippen molar-refractivity contribution >= 4 is 5.97 Å². The highest BCUT2D eigenvalue weighted by molar-refractivity contribution is 5.71. The van der Waals surface area contributed by atoms with Crippen LogP contribution in [0.15, 0.2) is 0 Å². The third-order valence-electron chi connectivity index (χ3n) is 2.43. The van der Waals surface area contributed by atoms with E-state index in [1.165, 1.54) is 0 Å². The van der Waals surface area contributed by atoms with E-state index in [-0.39, 0.29) is 18.7 Å². The highest BCUT2D eigenvalue weighted by atomic mass is 16.6. The van der Waals surface area contributed by atoms with Crippen LogP contribution in [0.5, 0.6) is 0 Å². The first-order chi connectivity index (χ1) is 7.37. The van der Waals surface area contributed by atoms with Crippen LogP contribution in [-0.4, -0.2) is 36.9 Å². The summed E-state index contributed by atoms with van der Waals surface area (Å²) in [6, 6.07) is 0.470. The molecule has 2 unspecified atom stereocenters. The summed E-state index contributed by atoms with van der Waals surface area (Å²) >= 11 is 0. The Labute approximate surface area is 97.7 Å². The van der Waals surface area contributed by atoms with Crippen molar-refractivity contribution in [3.8, 4) is 0 Å². The fraction of sp³-hybridized carbons (Fsp3) is 0.917. The van der Waals surface area contributed by atoms with Crippen molar-refractivity contribution in [2.45, 2.75) is 58.3 Å². The van der Waals surface area contributed by atoms with Gasteiger partial charge in [0, 0.05) is 6.04 Å². The van der Waals surface area contributed by atoms with Crippen LogP contribution in [0.4, 0.5) is 0 Å². The van der Waals surface area contributed by atoms with Crippen LogP contribution in [0.2, 0.25) is 0 Å². The van der Waals surface area contributed by atoms with E-state index in [4.69, 9.17) is 9.47 Å². The zero-order valence-electron chi connectivity index (χ0n) is 10.7. The number of rotatable bonds is 3. The van der Waals surface area contributed by atoms with Gasteiger partial charge in [0.15, 0.2) is 0 Å². The van der Waals surface area contributed by atoms with Gasteiger partial charge in [0.25, 0.3) is 0 Å². The second-order valence-corrected chi connectivity index (χ2v) is 5.40. The predicted octanol–water partition coefficient (Wildman–Crippen LogP) is 1.49.